The van der Waals surface area contributed by atoms with Gasteiger partial charge in [-0.25, -0.2) is 4.79 Å². The zero-order valence-corrected chi connectivity index (χ0v) is 19.9. The lowest BCUT2D eigenvalue weighted by Crippen LogP contribution is -2.46. The van der Waals surface area contributed by atoms with E-state index in [9.17, 15) is 9.59 Å². The van der Waals surface area contributed by atoms with Crippen molar-refractivity contribution < 1.29 is 19.1 Å². The number of ether oxygens (including phenoxy) is 2. The summed E-state index contributed by atoms with van der Waals surface area (Å²) in [5, 5.41) is 6.67. The molecule has 2 aromatic rings. The molecule has 0 saturated carbocycles. The Bertz CT molecular complexity index is 1040. The Hall–Kier alpha value is -3.23. The Labute approximate surface area is 199 Å². The second-order valence-electron chi connectivity index (χ2n) is 7.73. The Balaban J connectivity index is 1.76. The molecular weight excluding hydrogens is 438 g/mol. The minimum Gasteiger partial charge on any atom is -0.460 e. The third-order valence-electron chi connectivity index (χ3n) is 5.48. The maximum Gasteiger partial charge on any atom is 0.338 e. The minimum absolute atomic E-state index is 0.0752. The summed E-state index contributed by atoms with van der Waals surface area (Å²) in [6.45, 7) is 2.31. The molecule has 0 bridgehead atoms. The van der Waals surface area contributed by atoms with Gasteiger partial charge in [0.1, 0.15) is 6.61 Å². The highest BCUT2D eigenvalue weighted by Crippen LogP contribution is 2.32. The molecule has 1 aliphatic heterocycles. The second-order valence-corrected chi connectivity index (χ2v) is 8.12. The zero-order valence-electron chi connectivity index (χ0n) is 19.1. The number of nitrogens with zero attached hydrogens (tertiary/aromatic N) is 1. The van der Waals surface area contributed by atoms with Crippen LogP contribution in [0.1, 0.15) is 30.5 Å². The van der Waals surface area contributed by atoms with Crippen LogP contribution in [-0.4, -0.2) is 49.3 Å². The lowest BCUT2D eigenvalue weighted by Gasteiger charge is -2.35. The van der Waals surface area contributed by atoms with Crippen LogP contribution in [0.15, 0.2) is 65.9 Å². The third-order valence-corrected chi connectivity index (χ3v) is 5.87. The molecule has 0 saturated heterocycles. The predicted octanol–water partition coefficient (Wildman–Crippen LogP) is 3.58. The largest absolute Gasteiger partial charge is 0.460 e. The maximum absolute atomic E-state index is 12.9. The van der Waals surface area contributed by atoms with Crippen LogP contribution < -0.4 is 10.6 Å². The van der Waals surface area contributed by atoms with Crippen LogP contribution in [0.25, 0.3) is 0 Å². The fourth-order valence-corrected chi connectivity index (χ4v) is 3.82. The van der Waals surface area contributed by atoms with Crippen molar-refractivity contribution in [1.82, 2.24) is 10.2 Å². The standard InChI is InChI=1S/C25H29N3O4S/c1-17-22(24(30)32-15-14-31-3)23(27-25(33)28(17)2)19-10-7-11-20(16-19)26-21(29)13-12-18-8-5-4-6-9-18/h4-11,16,23H,12-15H2,1-3H3,(H,26,29)(H,27,33). The van der Waals surface area contributed by atoms with Gasteiger partial charge in [0.15, 0.2) is 5.11 Å². The number of hydrogen-bond donors (Lipinski definition) is 2. The highest BCUT2D eigenvalue weighted by molar-refractivity contribution is 7.80. The number of nitrogens with one attached hydrogen (secondary N) is 2. The molecule has 1 aliphatic rings. The molecule has 8 heteroatoms. The molecule has 0 aromatic heterocycles. The van der Waals surface area contributed by atoms with Gasteiger partial charge in [0.2, 0.25) is 5.91 Å². The summed E-state index contributed by atoms with van der Waals surface area (Å²) in [7, 11) is 3.35. The van der Waals surface area contributed by atoms with Crippen LogP contribution in [0.2, 0.25) is 0 Å². The summed E-state index contributed by atoms with van der Waals surface area (Å²) < 4.78 is 10.4. The molecule has 7 nitrogen and oxygen atoms in total. The number of thiocarbonyl (C=S) groups is 1. The molecule has 0 aliphatic carbocycles. The van der Waals surface area contributed by atoms with Crippen molar-refractivity contribution in [1.29, 1.82) is 0 Å². The molecule has 0 spiro atoms. The van der Waals surface area contributed by atoms with Crippen molar-refractivity contribution in [2.24, 2.45) is 0 Å². The molecule has 33 heavy (non-hydrogen) atoms. The van der Waals surface area contributed by atoms with E-state index in [-0.39, 0.29) is 12.5 Å². The van der Waals surface area contributed by atoms with Gasteiger partial charge in [0.05, 0.1) is 18.2 Å². The first-order chi connectivity index (χ1) is 15.9. The third kappa shape index (κ3) is 6.40. The van der Waals surface area contributed by atoms with Gasteiger partial charge in [-0.1, -0.05) is 42.5 Å². The number of carbonyl (C=O) groups is 2. The second kappa shape index (κ2) is 11.6. The van der Waals surface area contributed by atoms with Gasteiger partial charge in [0.25, 0.3) is 0 Å². The molecule has 1 atom stereocenters. The van der Waals surface area contributed by atoms with Gasteiger partial charge in [-0.3, -0.25) is 4.79 Å². The van der Waals surface area contributed by atoms with E-state index in [0.29, 0.717) is 41.5 Å². The van der Waals surface area contributed by atoms with Crippen LogP contribution in [-0.2, 0) is 25.5 Å². The van der Waals surface area contributed by atoms with E-state index in [0.717, 1.165) is 11.1 Å². The summed E-state index contributed by atoms with van der Waals surface area (Å²) in [6, 6.07) is 16.8. The van der Waals surface area contributed by atoms with Crippen molar-refractivity contribution in [2.75, 3.05) is 32.7 Å². The smallest absolute Gasteiger partial charge is 0.338 e. The van der Waals surface area contributed by atoms with Crippen molar-refractivity contribution >= 4 is 34.9 Å². The summed E-state index contributed by atoms with van der Waals surface area (Å²) in [5.41, 5.74) is 3.74. The maximum atomic E-state index is 12.9. The van der Waals surface area contributed by atoms with Crippen LogP contribution in [0, 0.1) is 0 Å². The number of amides is 1. The number of allylic oxidation sites excluding steroid dienone is 1. The van der Waals surface area contributed by atoms with E-state index in [1.165, 1.54) is 0 Å². The molecule has 3 rings (SSSR count). The lowest BCUT2D eigenvalue weighted by molar-refractivity contribution is -0.140. The van der Waals surface area contributed by atoms with E-state index in [4.69, 9.17) is 21.7 Å². The first kappa shape index (κ1) is 24.4. The Morgan fingerprint density at radius 2 is 1.88 bits per heavy atom. The van der Waals surface area contributed by atoms with Gasteiger partial charge in [0, 0.05) is 32.0 Å². The molecule has 1 amide bonds. The molecule has 2 N–H and O–H groups in total. The number of carbonyl (C=O) groups excluding carboxylic acids is 2. The summed E-state index contributed by atoms with van der Waals surface area (Å²) in [6.07, 6.45) is 1.04. The van der Waals surface area contributed by atoms with Gasteiger partial charge in [-0.15, -0.1) is 0 Å². The van der Waals surface area contributed by atoms with E-state index >= 15 is 0 Å². The number of rotatable bonds is 9. The fraction of sp³-hybridized carbons (Fsp3) is 0.320. The summed E-state index contributed by atoms with van der Waals surface area (Å²) in [5.74, 6) is -0.512. The van der Waals surface area contributed by atoms with Crippen molar-refractivity contribution in [3.63, 3.8) is 0 Å². The normalized spacial score (nSPS) is 15.8. The molecule has 174 valence electrons. The zero-order chi connectivity index (χ0) is 23.8. The number of hydrogen-bond acceptors (Lipinski definition) is 5. The average molecular weight is 468 g/mol. The Morgan fingerprint density at radius 3 is 2.61 bits per heavy atom. The van der Waals surface area contributed by atoms with Crippen LogP contribution in [0.4, 0.5) is 5.69 Å². The first-order valence-electron chi connectivity index (χ1n) is 10.8. The lowest BCUT2D eigenvalue weighted by atomic mass is 9.95. The highest BCUT2D eigenvalue weighted by atomic mass is 32.1. The molecule has 1 heterocycles. The summed E-state index contributed by atoms with van der Waals surface area (Å²) in [4.78, 5) is 27.1. The molecule has 0 fully saturated rings. The van der Waals surface area contributed by atoms with E-state index in [1.54, 1.807) is 19.1 Å². The topological polar surface area (TPSA) is 79.9 Å². The Morgan fingerprint density at radius 1 is 1.12 bits per heavy atom. The molecule has 2 aromatic carbocycles. The SMILES string of the molecule is COCCOC(=O)C1=C(C)N(C)C(=S)NC1c1cccc(NC(=O)CCc2ccccc2)c1. The minimum atomic E-state index is -0.495. The number of aryl methyl sites for hydroxylation is 1. The van der Waals surface area contributed by atoms with Crippen molar-refractivity contribution in [3.05, 3.63) is 77.0 Å². The highest BCUT2D eigenvalue weighted by Gasteiger charge is 2.33. The Kier molecular flexibility index (Phi) is 8.57. The average Bonchev–Trinajstić information content (AvgIpc) is 2.82. The van der Waals surface area contributed by atoms with E-state index < -0.39 is 12.0 Å². The van der Waals surface area contributed by atoms with Gasteiger partial charge in [-0.05, 0) is 48.8 Å². The van der Waals surface area contributed by atoms with Crippen LogP contribution in [0.3, 0.4) is 0 Å². The van der Waals surface area contributed by atoms with E-state index in [1.807, 2.05) is 61.5 Å². The molecular formula is C25H29N3O4S. The first-order valence-corrected chi connectivity index (χ1v) is 11.2. The van der Waals surface area contributed by atoms with Crippen LogP contribution >= 0.6 is 12.2 Å². The molecule has 1 unspecified atom stereocenters. The fourth-order valence-electron chi connectivity index (χ4n) is 3.57. The number of anilines is 1. The van der Waals surface area contributed by atoms with E-state index in [2.05, 4.69) is 10.6 Å². The van der Waals surface area contributed by atoms with Crippen molar-refractivity contribution in [2.45, 2.75) is 25.8 Å². The van der Waals surface area contributed by atoms with Gasteiger partial charge in [-0.2, -0.15) is 0 Å². The number of esters is 1. The van der Waals surface area contributed by atoms with Gasteiger partial charge >= 0.3 is 5.97 Å². The number of benzene rings is 2. The summed E-state index contributed by atoms with van der Waals surface area (Å²) >= 11 is 5.45. The predicted molar refractivity (Wildman–Crippen MR) is 132 cm³/mol. The quantitative estimate of drug-likeness (QED) is 0.331. The monoisotopic (exact) mass is 467 g/mol. The van der Waals surface area contributed by atoms with Gasteiger partial charge < -0.3 is 25.0 Å². The van der Waals surface area contributed by atoms with Crippen LogP contribution in [0.5, 0.6) is 0 Å². The number of methoxy groups -OCH3 is 1. The molecule has 0 radical (unpaired) electrons. The van der Waals surface area contributed by atoms with Crippen molar-refractivity contribution in [3.8, 4) is 0 Å².